The molecule has 3 saturated carbocycles. The van der Waals surface area contributed by atoms with Gasteiger partial charge in [-0.2, -0.15) is 0 Å². The summed E-state index contributed by atoms with van der Waals surface area (Å²) < 4.78 is 11.3. The largest absolute Gasteiger partial charge is 0.457 e. The minimum Gasteiger partial charge on any atom is -0.457 e. The van der Waals surface area contributed by atoms with Crippen LogP contribution in [0.1, 0.15) is 73.1 Å². The number of alkyl halides is 1. The summed E-state index contributed by atoms with van der Waals surface area (Å²) in [4.78, 5) is 49.5. The average Bonchev–Trinajstić information content (AvgIpc) is 3.05. The van der Waals surface area contributed by atoms with E-state index in [1.165, 1.54) is 6.08 Å². The number of carbonyl (C=O) groups excluding carboxylic acids is 4. The fourth-order valence-corrected chi connectivity index (χ4v) is 8.53. The molecule has 0 heterocycles. The maximum absolute atomic E-state index is 13.9. The first kappa shape index (κ1) is 27.1. The molecule has 4 aliphatic rings. The van der Waals surface area contributed by atoms with E-state index in [-0.39, 0.29) is 42.8 Å². The molecular formula is C28H37ClO7. The Bertz CT molecular complexity index is 1050. The van der Waals surface area contributed by atoms with Crippen molar-refractivity contribution in [1.29, 1.82) is 0 Å². The molecule has 0 aliphatic heterocycles. The Morgan fingerprint density at radius 3 is 2.44 bits per heavy atom. The van der Waals surface area contributed by atoms with E-state index >= 15 is 0 Å². The molecule has 0 radical (unpaired) electrons. The van der Waals surface area contributed by atoms with Crippen LogP contribution in [0, 0.1) is 28.6 Å². The summed E-state index contributed by atoms with van der Waals surface area (Å²) in [7, 11) is 0. The van der Waals surface area contributed by atoms with E-state index in [0.717, 1.165) is 5.57 Å². The second-order valence-corrected chi connectivity index (χ2v) is 12.0. The lowest BCUT2D eigenvalue weighted by atomic mass is 9.45. The number of carbonyl (C=O) groups is 4. The zero-order valence-corrected chi connectivity index (χ0v) is 22.5. The molecule has 4 aliphatic carbocycles. The smallest absolute Gasteiger partial charge is 0.306 e. The average molecular weight is 521 g/mol. The molecule has 3 fully saturated rings. The molecule has 1 N–H and O–H groups in total. The molecule has 36 heavy (non-hydrogen) atoms. The molecule has 0 spiro atoms. The number of ether oxygens (including phenoxy) is 2. The van der Waals surface area contributed by atoms with Crippen molar-refractivity contribution in [2.75, 3.05) is 6.61 Å². The Hall–Kier alpha value is -1.99. The molecule has 0 unspecified atom stereocenters. The second-order valence-electron chi connectivity index (χ2n) is 11.4. The highest BCUT2D eigenvalue weighted by atomic mass is 35.5. The van der Waals surface area contributed by atoms with Crippen LogP contribution in [0.5, 0.6) is 0 Å². The first-order valence-corrected chi connectivity index (χ1v) is 13.4. The molecule has 7 nitrogen and oxygen atoms in total. The number of aliphatic hydroxyl groups excluding tert-OH is 1. The van der Waals surface area contributed by atoms with E-state index in [1.807, 2.05) is 26.8 Å². The molecule has 4 rings (SSSR count). The van der Waals surface area contributed by atoms with Crippen LogP contribution in [0.3, 0.4) is 0 Å². The second kappa shape index (κ2) is 9.09. The number of ketones is 2. The fourth-order valence-electron chi connectivity index (χ4n) is 8.01. The zero-order chi connectivity index (χ0) is 26.7. The van der Waals surface area contributed by atoms with E-state index in [0.29, 0.717) is 19.3 Å². The van der Waals surface area contributed by atoms with Gasteiger partial charge in [0.05, 0.1) is 11.0 Å². The number of halogens is 1. The van der Waals surface area contributed by atoms with E-state index in [9.17, 15) is 24.3 Å². The SMILES string of the molecule is CCC(=O)OCC(=O)[C@@]1(OC(=O)CC)[C@@H](C)C[C@H]2[C@@H]3CCC4=CC(=O)C=C[C@@]4(C)[C@@]3(Cl)[C@@H](O)C[C@]21C. The number of hydrogen-bond acceptors (Lipinski definition) is 7. The van der Waals surface area contributed by atoms with Crippen LogP contribution in [-0.2, 0) is 28.7 Å². The summed E-state index contributed by atoms with van der Waals surface area (Å²) in [5, 5.41) is 11.8. The Balaban J connectivity index is 1.80. The van der Waals surface area contributed by atoms with Gasteiger partial charge < -0.3 is 14.6 Å². The molecule has 8 heteroatoms. The van der Waals surface area contributed by atoms with Gasteiger partial charge in [0.2, 0.25) is 5.78 Å². The van der Waals surface area contributed by atoms with Gasteiger partial charge in [-0.15, -0.1) is 11.6 Å². The van der Waals surface area contributed by atoms with E-state index in [2.05, 4.69) is 0 Å². The molecule has 0 saturated heterocycles. The molecule has 0 aromatic heterocycles. The fraction of sp³-hybridized carbons (Fsp3) is 0.714. The lowest BCUT2D eigenvalue weighted by Gasteiger charge is -2.64. The monoisotopic (exact) mass is 520 g/mol. The Morgan fingerprint density at radius 1 is 1.14 bits per heavy atom. The van der Waals surface area contributed by atoms with Gasteiger partial charge in [0.15, 0.2) is 18.0 Å². The van der Waals surface area contributed by atoms with Gasteiger partial charge in [-0.1, -0.05) is 46.3 Å². The standard InChI is InChI=1S/C28H37ClO7/c1-6-23(33)35-15-22(32)28(36-24(34)7-2)16(3)12-20-19-9-8-17-13-18(30)10-11-25(17,4)27(19,29)21(31)14-26(20,28)5/h10-11,13,16,19-21,31H,6-9,12,14-15H2,1-5H3/t16-,19-,20-,21-,25+,26+,27-,28-/m0/s1. The Kier molecular flexibility index (Phi) is 6.83. The van der Waals surface area contributed by atoms with Crippen molar-refractivity contribution in [3.63, 3.8) is 0 Å². The van der Waals surface area contributed by atoms with Crippen molar-refractivity contribution in [2.24, 2.45) is 28.6 Å². The van der Waals surface area contributed by atoms with E-state index in [1.54, 1.807) is 19.9 Å². The predicted octanol–water partition coefficient (Wildman–Crippen LogP) is 4.09. The molecule has 0 aromatic rings. The van der Waals surface area contributed by atoms with Crippen LogP contribution >= 0.6 is 11.6 Å². The lowest BCUT2D eigenvalue weighted by Crippen LogP contribution is -2.69. The zero-order valence-electron chi connectivity index (χ0n) is 21.8. The van der Waals surface area contributed by atoms with Crippen LogP contribution in [0.15, 0.2) is 23.8 Å². The van der Waals surface area contributed by atoms with Crippen LogP contribution in [-0.4, -0.2) is 51.8 Å². The molecule has 0 bridgehead atoms. The summed E-state index contributed by atoms with van der Waals surface area (Å²) >= 11 is 7.48. The predicted molar refractivity (Wildman–Crippen MR) is 133 cm³/mol. The van der Waals surface area contributed by atoms with Crippen LogP contribution in [0.4, 0.5) is 0 Å². The van der Waals surface area contributed by atoms with Crippen molar-refractivity contribution in [3.8, 4) is 0 Å². The summed E-state index contributed by atoms with van der Waals surface area (Å²) in [5.74, 6) is -2.24. The minimum absolute atomic E-state index is 0.0801. The van der Waals surface area contributed by atoms with Crippen molar-refractivity contribution >= 4 is 35.1 Å². The highest BCUT2D eigenvalue weighted by Gasteiger charge is 2.76. The summed E-state index contributed by atoms with van der Waals surface area (Å²) in [6, 6.07) is 0. The van der Waals surface area contributed by atoms with E-state index in [4.69, 9.17) is 21.1 Å². The quantitative estimate of drug-likeness (QED) is 0.415. The maximum atomic E-state index is 13.9. The Morgan fingerprint density at radius 2 is 1.81 bits per heavy atom. The molecule has 0 amide bonds. The number of fused-ring (bicyclic) bond motifs is 5. The van der Waals surface area contributed by atoms with Crippen molar-refractivity contribution in [3.05, 3.63) is 23.8 Å². The topological polar surface area (TPSA) is 107 Å². The van der Waals surface area contributed by atoms with Crippen molar-refractivity contribution in [1.82, 2.24) is 0 Å². The number of allylic oxidation sites excluding steroid dienone is 4. The first-order chi connectivity index (χ1) is 16.8. The highest BCUT2D eigenvalue weighted by molar-refractivity contribution is 6.26. The van der Waals surface area contributed by atoms with Crippen LogP contribution in [0.25, 0.3) is 0 Å². The van der Waals surface area contributed by atoms with Crippen molar-refractivity contribution < 1.29 is 33.8 Å². The molecule has 8 atom stereocenters. The van der Waals surface area contributed by atoms with Gasteiger partial charge in [0.25, 0.3) is 0 Å². The van der Waals surface area contributed by atoms with Crippen LogP contribution in [0.2, 0.25) is 0 Å². The van der Waals surface area contributed by atoms with Gasteiger partial charge in [-0.3, -0.25) is 19.2 Å². The third kappa shape index (κ3) is 3.48. The van der Waals surface area contributed by atoms with Gasteiger partial charge in [-0.25, -0.2) is 0 Å². The highest BCUT2D eigenvalue weighted by Crippen LogP contribution is 2.72. The van der Waals surface area contributed by atoms with Crippen LogP contribution < -0.4 is 0 Å². The first-order valence-electron chi connectivity index (χ1n) is 13.0. The molecule has 198 valence electrons. The minimum atomic E-state index is -1.55. The third-order valence-electron chi connectivity index (χ3n) is 9.81. The number of Topliss-reactive ketones (excluding diaryl/α,β-unsaturated/α-hetero) is 1. The van der Waals surface area contributed by atoms with Gasteiger partial charge >= 0.3 is 11.9 Å². The maximum Gasteiger partial charge on any atom is 0.306 e. The number of hydrogen-bond donors (Lipinski definition) is 1. The molecular weight excluding hydrogens is 484 g/mol. The van der Waals surface area contributed by atoms with Crippen molar-refractivity contribution in [2.45, 2.75) is 89.7 Å². The van der Waals surface area contributed by atoms with Gasteiger partial charge in [0, 0.05) is 29.6 Å². The summed E-state index contributed by atoms with van der Waals surface area (Å²) in [6.07, 6.45) is 6.18. The third-order valence-corrected chi connectivity index (χ3v) is 10.7. The number of esters is 2. The normalized spacial score (nSPS) is 43.1. The Labute approximate surface area is 217 Å². The molecule has 0 aromatic carbocycles. The number of aliphatic hydroxyl groups is 1. The van der Waals surface area contributed by atoms with E-state index < -0.39 is 51.7 Å². The van der Waals surface area contributed by atoms with Gasteiger partial charge in [0.1, 0.15) is 0 Å². The lowest BCUT2D eigenvalue weighted by molar-refractivity contribution is -0.203. The summed E-state index contributed by atoms with van der Waals surface area (Å²) in [6.45, 7) is 8.61. The summed E-state index contributed by atoms with van der Waals surface area (Å²) in [5.41, 5.74) is -2.27. The van der Waals surface area contributed by atoms with Gasteiger partial charge in [-0.05, 0) is 49.7 Å². The number of rotatable bonds is 6.